The highest BCUT2D eigenvalue weighted by atomic mass is 16.5. The number of aryl methyl sites for hydroxylation is 2. The Balaban J connectivity index is 1.76. The zero-order chi connectivity index (χ0) is 19.2. The number of hydrogen-bond acceptors (Lipinski definition) is 3. The van der Waals surface area contributed by atoms with Crippen molar-refractivity contribution in [2.24, 2.45) is 0 Å². The molecule has 3 aromatic rings. The van der Waals surface area contributed by atoms with Crippen LogP contribution in [0.1, 0.15) is 27.0 Å². The van der Waals surface area contributed by atoms with E-state index in [1.165, 1.54) is 5.56 Å². The summed E-state index contributed by atoms with van der Waals surface area (Å²) < 4.78 is 11.2. The van der Waals surface area contributed by atoms with Crippen molar-refractivity contribution in [1.82, 2.24) is 0 Å². The van der Waals surface area contributed by atoms with Gasteiger partial charge in [-0.2, -0.15) is 0 Å². The monoisotopic (exact) mass is 361 g/mol. The van der Waals surface area contributed by atoms with E-state index in [2.05, 4.69) is 5.32 Å². The number of anilines is 1. The van der Waals surface area contributed by atoms with Crippen LogP contribution in [0, 0.1) is 13.8 Å². The summed E-state index contributed by atoms with van der Waals surface area (Å²) in [6.45, 7) is 4.39. The maximum absolute atomic E-state index is 12.6. The molecule has 4 heteroatoms. The molecule has 0 aromatic heterocycles. The van der Waals surface area contributed by atoms with Gasteiger partial charge in [0.25, 0.3) is 5.91 Å². The fraction of sp³-hybridized carbons (Fsp3) is 0.174. The molecule has 3 aromatic carbocycles. The molecule has 4 nitrogen and oxygen atoms in total. The molecular weight excluding hydrogens is 338 g/mol. The second kappa shape index (κ2) is 8.41. The lowest BCUT2D eigenvalue weighted by Crippen LogP contribution is -2.13. The maximum Gasteiger partial charge on any atom is 0.255 e. The first-order valence-corrected chi connectivity index (χ1v) is 8.80. The molecule has 27 heavy (non-hydrogen) atoms. The molecule has 0 heterocycles. The molecule has 0 aliphatic carbocycles. The number of benzene rings is 3. The molecule has 3 rings (SSSR count). The van der Waals surface area contributed by atoms with Gasteiger partial charge in [-0.15, -0.1) is 0 Å². The third-order valence-electron chi connectivity index (χ3n) is 4.44. The molecule has 0 aliphatic rings. The molecule has 0 unspecified atom stereocenters. The van der Waals surface area contributed by atoms with Gasteiger partial charge in [-0.05, 0) is 67.4 Å². The van der Waals surface area contributed by atoms with Crippen LogP contribution in [-0.4, -0.2) is 13.0 Å². The van der Waals surface area contributed by atoms with Gasteiger partial charge in [-0.3, -0.25) is 4.79 Å². The second-order valence-electron chi connectivity index (χ2n) is 6.38. The van der Waals surface area contributed by atoms with Crippen LogP contribution in [0.5, 0.6) is 11.5 Å². The van der Waals surface area contributed by atoms with Crippen molar-refractivity contribution in [1.29, 1.82) is 0 Å². The summed E-state index contributed by atoms with van der Waals surface area (Å²) in [6, 6.07) is 20.8. The predicted molar refractivity (Wildman–Crippen MR) is 108 cm³/mol. The molecule has 0 atom stereocenters. The summed E-state index contributed by atoms with van der Waals surface area (Å²) in [4.78, 5) is 12.6. The van der Waals surface area contributed by atoms with Crippen LogP contribution in [0.3, 0.4) is 0 Å². The molecule has 138 valence electrons. The maximum atomic E-state index is 12.6. The van der Waals surface area contributed by atoms with Crippen LogP contribution in [0.4, 0.5) is 5.69 Å². The molecule has 1 amide bonds. The number of nitrogens with one attached hydrogen (secondary N) is 1. The fourth-order valence-electron chi connectivity index (χ4n) is 2.73. The van der Waals surface area contributed by atoms with Crippen LogP contribution >= 0.6 is 0 Å². The number of rotatable bonds is 6. The summed E-state index contributed by atoms with van der Waals surface area (Å²) >= 11 is 0. The van der Waals surface area contributed by atoms with Gasteiger partial charge >= 0.3 is 0 Å². The molecule has 0 bridgehead atoms. The Morgan fingerprint density at radius 1 is 0.926 bits per heavy atom. The number of para-hydroxylation sites is 1. The first-order chi connectivity index (χ1) is 13.1. The van der Waals surface area contributed by atoms with Crippen LogP contribution in [0.15, 0.2) is 66.7 Å². The average molecular weight is 361 g/mol. The number of methoxy groups -OCH3 is 1. The van der Waals surface area contributed by atoms with E-state index < -0.39 is 0 Å². The Kier molecular flexibility index (Phi) is 5.77. The summed E-state index contributed by atoms with van der Waals surface area (Å²) in [6.07, 6.45) is 0. The predicted octanol–water partition coefficient (Wildman–Crippen LogP) is 5.14. The quantitative estimate of drug-likeness (QED) is 0.661. The van der Waals surface area contributed by atoms with Gasteiger partial charge in [-0.1, -0.05) is 24.3 Å². The standard InChI is InChI=1S/C23H23NO3/c1-16-9-11-20(13-17(16)2)24-23(25)18-10-12-22(26-3)19(14-18)15-27-21-7-5-4-6-8-21/h4-14H,15H2,1-3H3,(H,24,25). The van der Waals surface area contributed by atoms with Gasteiger partial charge in [0.1, 0.15) is 18.1 Å². The summed E-state index contributed by atoms with van der Waals surface area (Å²) in [5.41, 5.74) is 4.48. The van der Waals surface area contributed by atoms with E-state index in [4.69, 9.17) is 9.47 Å². The summed E-state index contributed by atoms with van der Waals surface area (Å²) in [5.74, 6) is 1.29. The molecule has 0 radical (unpaired) electrons. The van der Waals surface area contributed by atoms with Gasteiger partial charge in [0.15, 0.2) is 0 Å². The zero-order valence-corrected chi connectivity index (χ0v) is 15.8. The minimum absolute atomic E-state index is 0.165. The number of ether oxygens (including phenoxy) is 2. The van der Waals surface area contributed by atoms with Gasteiger partial charge in [0.05, 0.1) is 7.11 Å². The minimum Gasteiger partial charge on any atom is -0.496 e. The van der Waals surface area contributed by atoms with Crippen molar-refractivity contribution in [2.45, 2.75) is 20.5 Å². The summed E-state index contributed by atoms with van der Waals surface area (Å²) in [5, 5.41) is 2.94. The van der Waals surface area contributed by atoms with Crippen molar-refractivity contribution in [2.75, 3.05) is 12.4 Å². The van der Waals surface area contributed by atoms with E-state index in [-0.39, 0.29) is 5.91 Å². The molecule has 0 saturated heterocycles. The fourth-order valence-corrected chi connectivity index (χ4v) is 2.73. The lowest BCUT2D eigenvalue weighted by Gasteiger charge is -2.13. The van der Waals surface area contributed by atoms with Crippen molar-refractivity contribution < 1.29 is 14.3 Å². The van der Waals surface area contributed by atoms with Gasteiger partial charge in [-0.25, -0.2) is 0 Å². The van der Waals surface area contributed by atoms with E-state index in [1.54, 1.807) is 25.3 Å². The van der Waals surface area contributed by atoms with Crippen LogP contribution in [0.25, 0.3) is 0 Å². The third kappa shape index (κ3) is 4.67. The van der Waals surface area contributed by atoms with Crippen molar-refractivity contribution >= 4 is 11.6 Å². The molecule has 0 saturated carbocycles. The lowest BCUT2D eigenvalue weighted by molar-refractivity contribution is 0.102. The molecule has 0 spiro atoms. The highest BCUT2D eigenvalue weighted by Crippen LogP contribution is 2.23. The normalized spacial score (nSPS) is 10.3. The first kappa shape index (κ1) is 18.5. The summed E-state index contributed by atoms with van der Waals surface area (Å²) in [7, 11) is 1.61. The Morgan fingerprint density at radius 3 is 2.41 bits per heavy atom. The van der Waals surface area contributed by atoms with E-state index >= 15 is 0 Å². The highest BCUT2D eigenvalue weighted by molar-refractivity contribution is 6.04. The van der Waals surface area contributed by atoms with Gasteiger partial charge in [0.2, 0.25) is 0 Å². The number of amides is 1. The van der Waals surface area contributed by atoms with Crippen molar-refractivity contribution in [3.63, 3.8) is 0 Å². The Hall–Kier alpha value is -3.27. The largest absolute Gasteiger partial charge is 0.496 e. The minimum atomic E-state index is -0.165. The number of carbonyl (C=O) groups is 1. The van der Waals surface area contributed by atoms with Crippen molar-refractivity contribution in [3.8, 4) is 11.5 Å². The Labute approximate surface area is 159 Å². The Bertz CT molecular complexity index is 936. The van der Waals surface area contributed by atoms with E-state index in [1.807, 2.05) is 62.4 Å². The zero-order valence-electron chi connectivity index (χ0n) is 15.8. The Morgan fingerprint density at radius 2 is 1.70 bits per heavy atom. The van der Waals surface area contributed by atoms with Gasteiger partial charge < -0.3 is 14.8 Å². The molecule has 1 N–H and O–H groups in total. The second-order valence-corrected chi connectivity index (χ2v) is 6.38. The van der Waals surface area contributed by atoms with Crippen LogP contribution in [0.2, 0.25) is 0 Å². The van der Waals surface area contributed by atoms with Gasteiger partial charge in [0, 0.05) is 16.8 Å². The van der Waals surface area contributed by atoms with E-state index in [0.717, 1.165) is 22.6 Å². The highest BCUT2D eigenvalue weighted by Gasteiger charge is 2.12. The van der Waals surface area contributed by atoms with E-state index in [9.17, 15) is 4.79 Å². The number of carbonyl (C=O) groups excluding carboxylic acids is 1. The average Bonchev–Trinajstić information content (AvgIpc) is 2.69. The molecule has 0 fully saturated rings. The first-order valence-electron chi connectivity index (χ1n) is 8.80. The topological polar surface area (TPSA) is 47.6 Å². The lowest BCUT2D eigenvalue weighted by atomic mass is 10.1. The SMILES string of the molecule is COc1ccc(C(=O)Nc2ccc(C)c(C)c2)cc1COc1ccccc1. The smallest absolute Gasteiger partial charge is 0.255 e. The van der Waals surface area contributed by atoms with Crippen LogP contribution < -0.4 is 14.8 Å². The van der Waals surface area contributed by atoms with Crippen LogP contribution in [-0.2, 0) is 6.61 Å². The molecular formula is C23H23NO3. The third-order valence-corrected chi connectivity index (χ3v) is 4.44. The number of hydrogen-bond donors (Lipinski definition) is 1. The van der Waals surface area contributed by atoms with E-state index in [0.29, 0.717) is 17.9 Å². The molecule has 0 aliphatic heterocycles. The van der Waals surface area contributed by atoms with Crippen molar-refractivity contribution in [3.05, 3.63) is 89.0 Å².